The summed E-state index contributed by atoms with van der Waals surface area (Å²) in [7, 11) is 0. The molecule has 0 aromatic carbocycles. The standard InChI is InChI=1S/C14H26O/c1-3-5-6-7-8-9-10-11-12-13-14(15)4-2/h4H,2-3,5-13H2,1H3. The van der Waals surface area contributed by atoms with Gasteiger partial charge in [0, 0.05) is 6.42 Å². The molecule has 0 N–H and O–H groups in total. The molecule has 0 heterocycles. The molecule has 0 atom stereocenters. The third-order valence-electron chi connectivity index (χ3n) is 2.75. The van der Waals surface area contributed by atoms with Gasteiger partial charge in [-0.25, -0.2) is 0 Å². The maximum absolute atomic E-state index is 10.9. The van der Waals surface area contributed by atoms with Crippen LogP contribution < -0.4 is 0 Å². The van der Waals surface area contributed by atoms with Crippen molar-refractivity contribution in [2.45, 2.75) is 71.1 Å². The molecular weight excluding hydrogens is 184 g/mol. The number of unbranched alkanes of at least 4 members (excludes halogenated alkanes) is 8. The fraction of sp³-hybridized carbons (Fsp3) is 0.786. The molecule has 1 nitrogen and oxygen atoms in total. The molecule has 0 saturated carbocycles. The number of allylic oxidation sites excluding steroid dienone is 1. The lowest BCUT2D eigenvalue weighted by atomic mass is 10.1. The Morgan fingerprint density at radius 1 is 0.933 bits per heavy atom. The molecule has 0 unspecified atom stereocenters. The third kappa shape index (κ3) is 11.3. The van der Waals surface area contributed by atoms with Crippen LogP contribution in [0.15, 0.2) is 12.7 Å². The van der Waals surface area contributed by atoms with E-state index in [2.05, 4.69) is 13.5 Å². The Morgan fingerprint density at radius 2 is 1.40 bits per heavy atom. The first-order valence-corrected chi connectivity index (χ1v) is 6.46. The van der Waals surface area contributed by atoms with E-state index < -0.39 is 0 Å². The highest BCUT2D eigenvalue weighted by Gasteiger charge is 1.95. The van der Waals surface area contributed by atoms with E-state index in [1.807, 2.05) is 0 Å². The van der Waals surface area contributed by atoms with Gasteiger partial charge in [0.1, 0.15) is 0 Å². The lowest BCUT2D eigenvalue weighted by Gasteiger charge is -2.00. The fourth-order valence-corrected chi connectivity index (χ4v) is 1.71. The first-order valence-electron chi connectivity index (χ1n) is 6.46. The highest BCUT2D eigenvalue weighted by atomic mass is 16.1. The van der Waals surface area contributed by atoms with Crippen LogP contribution >= 0.6 is 0 Å². The van der Waals surface area contributed by atoms with E-state index in [1.165, 1.54) is 57.4 Å². The van der Waals surface area contributed by atoms with E-state index in [4.69, 9.17) is 0 Å². The molecule has 0 rings (SSSR count). The Bertz CT molecular complexity index is 161. The molecule has 0 aliphatic heterocycles. The van der Waals surface area contributed by atoms with Crippen LogP contribution in [-0.2, 0) is 4.79 Å². The summed E-state index contributed by atoms with van der Waals surface area (Å²) in [6, 6.07) is 0. The second kappa shape index (κ2) is 11.5. The van der Waals surface area contributed by atoms with Gasteiger partial charge in [0.25, 0.3) is 0 Å². The van der Waals surface area contributed by atoms with Gasteiger partial charge in [-0.05, 0) is 12.5 Å². The summed E-state index contributed by atoms with van der Waals surface area (Å²) in [5, 5.41) is 0. The minimum absolute atomic E-state index is 0.193. The molecule has 0 amide bonds. The largest absolute Gasteiger partial charge is 0.295 e. The molecule has 0 aliphatic carbocycles. The summed E-state index contributed by atoms with van der Waals surface area (Å²) in [5.74, 6) is 0.193. The summed E-state index contributed by atoms with van der Waals surface area (Å²) in [6.45, 7) is 5.71. The van der Waals surface area contributed by atoms with E-state index in [0.717, 1.165) is 6.42 Å². The Balaban J connectivity index is 2.98. The first-order chi connectivity index (χ1) is 7.31. The highest BCUT2D eigenvalue weighted by molar-refractivity contribution is 5.88. The van der Waals surface area contributed by atoms with Crippen LogP contribution in [0.3, 0.4) is 0 Å². The van der Waals surface area contributed by atoms with E-state index in [1.54, 1.807) is 0 Å². The summed E-state index contributed by atoms with van der Waals surface area (Å²) in [4.78, 5) is 10.9. The molecule has 0 fully saturated rings. The Kier molecular flexibility index (Phi) is 11.0. The zero-order valence-electron chi connectivity index (χ0n) is 10.3. The molecule has 0 bridgehead atoms. The van der Waals surface area contributed by atoms with Crippen molar-refractivity contribution in [3.8, 4) is 0 Å². The van der Waals surface area contributed by atoms with Crippen molar-refractivity contribution in [1.29, 1.82) is 0 Å². The number of rotatable bonds is 11. The van der Waals surface area contributed by atoms with Crippen molar-refractivity contribution < 1.29 is 4.79 Å². The topological polar surface area (TPSA) is 17.1 Å². The van der Waals surface area contributed by atoms with E-state index in [9.17, 15) is 4.79 Å². The number of carbonyl (C=O) groups excluding carboxylic acids is 1. The van der Waals surface area contributed by atoms with Gasteiger partial charge in [0.15, 0.2) is 5.78 Å². The highest BCUT2D eigenvalue weighted by Crippen LogP contribution is 2.10. The maximum Gasteiger partial charge on any atom is 0.155 e. The molecule has 0 saturated heterocycles. The monoisotopic (exact) mass is 210 g/mol. The van der Waals surface area contributed by atoms with Crippen LogP contribution in [0.5, 0.6) is 0 Å². The van der Waals surface area contributed by atoms with Gasteiger partial charge in [-0.15, -0.1) is 0 Å². The van der Waals surface area contributed by atoms with Gasteiger partial charge in [0.2, 0.25) is 0 Å². The van der Waals surface area contributed by atoms with Crippen LogP contribution in [0.2, 0.25) is 0 Å². The average Bonchev–Trinajstić information content (AvgIpc) is 2.26. The summed E-state index contributed by atoms with van der Waals surface area (Å²) < 4.78 is 0. The zero-order chi connectivity index (χ0) is 11.4. The summed E-state index contributed by atoms with van der Waals surface area (Å²) >= 11 is 0. The van der Waals surface area contributed by atoms with Crippen molar-refractivity contribution >= 4 is 5.78 Å². The van der Waals surface area contributed by atoms with E-state index in [0.29, 0.717) is 6.42 Å². The molecule has 0 radical (unpaired) electrons. The quantitative estimate of drug-likeness (QED) is 0.358. The second-order valence-electron chi connectivity index (χ2n) is 4.25. The molecule has 1 heteroatoms. The summed E-state index contributed by atoms with van der Waals surface area (Å²) in [6.07, 6.45) is 13.9. The van der Waals surface area contributed by atoms with Crippen molar-refractivity contribution in [3.63, 3.8) is 0 Å². The van der Waals surface area contributed by atoms with Crippen molar-refractivity contribution in [3.05, 3.63) is 12.7 Å². The summed E-state index contributed by atoms with van der Waals surface area (Å²) in [5.41, 5.74) is 0. The number of hydrogen-bond acceptors (Lipinski definition) is 1. The molecule has 88 valence electrons. The smallest absolute Gasteiger partial charge is 0.155 e. The third-order valence-corrected chi connectivity index (χ3v) is 2.75. The van der Waals surface area contributed by atoms with E-state index >= 15 is 0 Å². The SMILES string of the molecule is C=CC(=O)CCCCCCCCCCC. The lowest BCUT2D eigenvalue weighted by Crippen LogP contribution is -1.91. The minimum Gasteiger partial charge on any atom is -0.295 e. The van der Waals surface area contributed by atoms with Gasteiger partial charge in [-0.1, -0.05) is 64.9 Å². The molecule has 15 heavy (non-hydrogen) atoms. The van der Waals surface area contributed by atoms with Crippen molar-refractivity contribution in [1.82, 2.24) is 0 Å². The van der Waals surface area contributed by atoms with Crippen LogP contribution in [0.1, 0.15) is 71.1 Å². The molecular formula is C14H26O. The average molecular weight is 210 g/mol. The molecule has 0 aliphatic rings. The number of ketones is 1. The maximum atomic E-state index is 10.9. The lowest BCUT2D eigenvalue weighted by molar-refractivity contribution is -0.114. The van der Waals surface area contributed by atoms with E-state index in [-0.39, 0.29) is 5.78 Å². The van der Waals surface area contributed by atoms with Crippen LogP contribution in [-0.4, -0.2) is 5.78 Å². The Hall–Kier alpha value is -0.590. The minimum atomic E-state index is 0.193. The van der Waals surface area contributed by atoms with Crippen molar-refractivity contribution in [2.75, 3.05) is 0 Å². The van der Waals surface area contributed by atoms with Crippen LogP contribution in [0.4, 0.5) is 0 Å². The van der Waals surface area contributed by atoms with Crippen LogP contribution in [0, 0.1) is 0 Å². The normalized spacial score (nSPS) is 10.2. The molecule has 0 aromatic heterocycles. The molecule has 0 aromatic rings. The van der Waals surface area contributed by atoms with Gasteiger partial charge in [-0.3, -0.25) is 4.79 Å². The Labute approximate surface area is 95.0 Å². The van der Waals surface area contributed by atoms with Crippen molar-refractivity contribution in [2.24, 2.45) is 0 Å². The predicted octanol–water partition coefficient (Wildman–Crippen LogP) is 4.66. The number of hydrogen-bond donors (Lipinski definition) is 0. The second-order valence-corrected chi connectivity index (χ2v) is 4.25. The zero-order valence-corrected chi connectivity index (χ0v) is 10.3. The Morgan fingerprint density at radius 3 is 1.87 bits per heavy atom. The molecule has 0 spiro atoms. The predicted molar refractivity (Wildman–Crippen MR) is 67.0 cm³/mol. The van der Waals surface area contributed by atoms with Gasteiger partial charge in [-0.2, -0.15) is 0 Å². The van der Waals surface area contributed by atoms with Gasteiger partial charge >= 0.3 is 0 Å². The van der Waals surface area contributed by atoms with Gasteiger partial charge < -0.3 is 0 Å². The fourth-order valence-electron chi connectivity index (χ4n) is 1.71. The van der Waals surface area contributed by atoms with Gasteiger partial charge in [0.05, 0.1) is 0 Å². The number of carbonyl (C=O) groups is 1. The van der Waals surface area contributed by atoms with Crippen LogP contribution in [0.25, 0.3) is 0 Å². The first kappa shape index (κ1) is 14.4.